The zero-order valence-electron chi connectivity index (χ0n) is 6.36. The maximum atomic E-state index is 11.2. The molecule has 1 rings (SSSR count). The van der Waals surface area contributed by atoms with Gasteiger partial charge in [-0.2, -0.15) is 0 Å². The summed E-state index contributed by atoms with van der Waals surface area (Å²) in [5.74, 6) is -0.287. The number of ketones is 1. The second-order valence-electron chi connectivity index (χ2n) is 2.22. The number of hydrogen-bond acceptors (Lipinski definition) is 4. The van der Waals surface area contributed by atoms with Crippen molar-refractivity contribution in [2.75, 3.05) is 5.33 Å². The molecule has 13 heavy (non-hydrogen) atoms. The normalized spacial score (nSPS) is 11.5. The first kappa shape index (κ1) is 10.8. The van der Waals surface area contributed by atoms with Gasteiger partial charge >= 0.3 is 0 Å². The smallest absolute Gasteiger partial charge is 0.248 e. The number of alkyl halides is 1. The number of nitrogens with two attached hydrogens (primary N) is 1. The number of rotatable bonds is 3. The molecule has 0 bridgehead atoms. The van der Waals surface area contributed by atoms with Gasteiger partial charge in [0.05, 0.1) is 5.33 Å². The quantitative estimate of drug-likeness (QED) is 0.663. The zero-order valence-corrected chi connectivity index (χ0v) is 9.58. The molecule has 0 saturated heterocycles. The van der Waals surface area contributed by atoms with E-state index >= 15 is 0 Å². The van der Waals surface area contributed by atoms with Gasteiger partial charge < -0.3 is 0 Å². The van der Waals surface area contributed by atoms with Crippen LogP contribution in [0.4, 0.5) is 0 Å². The van der Waals surface area contributed by atoms with Crippen LogP contribution in [0.15, 0.2) is 15.7 Å². The summed E-state index contributed by atoms with van der Waals surface area (Å²) < 4.78 is 21.8. The van der Waals surface area contributed by atoms with E-state index in [0.717, 1.165) is 11.3 Å². The standard InChI is InChI=1S/C6H6BrNO3S2/c7-3-5(9)4-1-2-12-6(4)13(8,10)11/h1-2H,3H2,(H2,8,10,11). The Balaban J connectivity index is 3.26. The zero-order chi connectivity index (χ0) is 10.1. The minimum Gasteiger partial charge on any atom is -0.293 e. The lowest BCUT2D eigenvalue weighted by molar-refractivity contribution is 0.102. The maximum absolute atomic E-state index is 11.2. The highest BCUT2D eigenvalue weighted by atomic mass is 79.9. The van der Waals surface area contributed by atoms with Gasteiger partial charge in [-0.15, -0.1) is 11.3 Å². The second-order valence-corrected chi connectivity index (χ2v) is 5.46. The third-order valence-corrected chi connectivity index (χ3v) is 4.25. The average molecular weight is 284 g/mol. The van der Waals surface area contributed by atoms with Crippen LogP contribution in [0, 0.1) is 0 Å². The Morgan fingerprint density at radius 1 is 1.62 bits per heavy atom. The SMILES string of the molecule is NS(=O)(=O)c1sccc1C(=O)CBr. The van der Waals surface area contributed by atoms with E-state index in [1.165, 1.54) is 11.4 Å². The number of carbonyl (C=O) groups excluding carboxylic acids is 1. The Bertz CT molecular complexity index is 423. The molecule has 1 aromatic heterocycles. The Morgan fingerprint density at radius 2 is 2.23 bits per heavy atom. The monoisotopic (exact) mass is 283 g/mol. The first-order valence-corrected chi connectivity index (χ1v) is 6.71. The van der Waals surface area contributed by atoms with Crippen LogP contribution in [0.1, 0.15) is 10.4 Å². The Labute approximate surface area is 87.9 Å². The van der Waals surface area contributed by atoms with Crippen molar-refractivity contribution in [3.63, 3.8) is 0 Å². The largest absolute Gasteiger partial charge is 0.293 e. The maximum Gasteiger partial charge on any atom is 0.248 e. The summed E-state index contributed by atoms with van der Waals surface area (Å²) in [6.07, 6.45) is 0. The number of Topliss-reactive ketones (excluding diaryl/α,β-unsaturated/α-hetero) is 1. The summed E-state index contributed by atoms with van der Waals surface area (Å²) in [7, 11) is -3.77. The molecule has 0 aliphatic rings. The minimum absolute atomic E-state index is 0.0723. The molecule has 1 heterocycles. The van der Waals surface area contributed by atoms with Crippen molar-refractivity contribution in [1.29, 1.82) is 0 Å². The molecule has 0 aromatic carbocycles. The van der Waals surface area contributed by atoms with Crippen molar-refractivity contribution in [3.8, 4) is 0 Å². The molecule has 4 nitrogen and oxygen atoms in total. The van der Waals surface area contributed by atoms with Crippen LogP contribution in [0.3, 0.4) is 0 Å². The van der Waals surface area contributed by atoms with Gasteiger partial charge in [0, 0.05) is 5.56 Å². The number of sulfonamides is 1. The summed E-state index contributed by atoms with van der Waals surface area (Å²) in [6.45, 7) is 0. The van der Waals surface area contributed by atoms with Crippen molar-refractivity contribution in [1.82, 2.24) is 0 Å². The van der Waals surface area contributed by atoms with Crippen molar-refractivity contribution in [3.05, 3.63) is 17.0 Å². The van der Waals surface area contributed by atoms with Gasteiger partial charge in [-0.25, -0.2) is 13.6 Å². The van der Waals surface area contributed by atoms with Crippen LogP contribution in [-0.2, 0) is 10.0 Å². The minimum atomic E-state index is -3.77. The van der Waals surface area contributed by atoms with Crippen molar-refractivity contribution in [2.24, 2.45) is 5.14 Å². The molecule has 0 atom stereocenters. The third-order valence-electron chi connectivity index (χ3n) is 1.31. The van der Waals surface area contributed by atoms with Gasteiger partial charge in [0.15, 0.2) is 5.78 Å². The van der Waals surface area contributed by atoms with Gasteiger partial charge in [0.2, 0.25) is 10.0 Å². The number of thiophene rings is 1. The van der Waals surface area contributed by atoms with Crippen molar-refractivity contribution in [2.45, 2.75) is 4.21 Å². The Hall–Kier alpha value is -0.240. The first-order chi connectivity index (χ1) is 5.96. The lowest BCUT2D eigenvalue weighted by Crippen LogP contribution is -2.14. The Kier molecular flexibility index (Phi) is 3.23. The molecule has 1 aromatic rings. The number of hydrogen-bond donors (Lipinski definition) is 1. The summed E-state index contributed by atoms with van der Waals surface area (Å²) >= 11 is 3.90. The summed E-state index contributed by atoms with van der Waals surface area (Å²) in [5, 5.41) is 6.52. The van der Waals surface area contributed by atoms with E-state index in [9.17, 15) is 13.2 Å². The van der Waals surface area contributed by atoms with E-state index in [4.69, 9.17) is 5.14 Å². The van der Waals surface area contributed by atoms with Crippen LogP contribution < -0.4 is 5.14 Å². The van der Waals surface area contributed by atoms with E-state index in [-0.39, 0.29) is 20.9 Å². The van der Waals surface area contributed by atoms with Crippen molar-refractivity contribution < 1.29 is 13.2 Å². The van der Waals surface area contributed by atoms with Crippen LogP contribution in [0.2, 0.25) is 0 Å². The summed E-state index contributed by atoms with van der Waals surface area (Å²) in [5.41, 5.74) is 0.157. The van der Waals surface area contributed by atoms with Gasteiger partial charge in [-0.3, -0.25) is 4.79 Å². The fraction of sp³-hybridized carbons (Fsp3) is 0.167. The van der Waals surface area contributed by atoms with Crippen LogP contribution >= 0.6 is 27.3 Å². The van der Waals surface area contributed by atoms with E-state index in [1.54, 1.807) is 0 Å². The van der Waals surface area contributed by atoms with Gasteiger partial charge in [-0.1, -0.05) is 15.9 Å². The van der Waals surface area contributed by atoms with E-state index in [1.807, 2.05) is 0 Å². The molecular formula is C6H6BrNO3S2. The van der Waals surface area contributed by atoms with Crippen molar-refractivity contribution >= 4 is 43.1 Å². The number of carbonyl (C=O) groups is 1. The Morgan fingerprint density at radius 3 is 2.69 bits per heavy atom. The molecule has 0 spiro atoms. The molecule has 0 radical (unpaired) electrons. The summed E-state index contributed by atoms with van der Waals surface area (Å²) in [4.78, 5) is 11.2. The number of primary sulfonamides is 1. The second kappa shape index (κ2) is 3.87. The van der Waals surface area contributed by atoms with Crippen LogP contribution in [-0.4, -0.2) is 19.5 Å². The fourth-order valence-corrected chi connectivity index (χ4v) is 2.92. The predicted molar refractivity (Wildman–Crippen MR) is 53.8 cm³/mol. The van der Waals surface area contributed by atoms with Crippen LogP contribution in [0.5, 0.6) is 0 Å². The molecular weight excluding hydrogens is 278 g/mol. The molecule has 0 aliphatic heterocycles. The highest BCUT2D eigenvalue weighted by Crippen LogP contribution is 2.22. The third kappa shape index (κ3) is 2.37. The average Bonchev–Trinajstić information content (AvgIpc) is 2.49. The molecule has 0 saturated carbocycles. The predicted octanol–water partition coefficient (Wildman–Crippen LogP) is 0.973. The first-order valence-electron chi connectivity index (χ1n) is 3.16. The highest BCUT2D eigenvalue weighted by molar-refractivity contribution is 9.09. The highest BCUT2D eigenvalue weighted by Gasteiger charge is 2.19. The van der Waals surface area contributed by atoms with E-state index in [2.05, 4.69) is 15.9 Å². The molecule has 0 unspecified atom stereocenters. The number of halogens is 1. The molecule has 0 amide bonds. The fourth-order valence-electron chi connectivity index (χ4n) is 0.794. The van der Waals surface area contributed by atoms with E-state index in [0.29, 0.717) is 0 Å². The lowest BCUT2D eigenvalue weighted by Gasteiger charge is -1.96. The lowest BCUT2D eigenvalue weighted by atomic mass is 10.2. The molecule has 7 heteroatoms. The van der Waals surface area contributed by atoms with Gasteiger partial charge in [-0.05, 0) is 11.4 Å². The van der Waals surface area contributed by atoms with E-state index < -0.39 is 10.0 Å². The summed E-state index contributed by atoms with van der Waals surface area (Å²) in [6, 6.07) is 1.45. The molecule has 0 fully saturated rings. The topological polar surface area (TPSA) is 77.2 Å². The molecule has 0 aliphatic carbocycles. The molecule has 72 valence electrons. The van der Waals surface area contributed by atoms with Gasteiger partial charge in [0.1, 0.15) is 4.21 Å². The molecule has 2 N–H and O–H groups in total. The van der Waals surface area contributed by atoms with Gasteiger partial charge in [0.25, 0.3) is 0 Å². The van der Waals surface area contributed by atoms with Crippen LogP contribution in [0.25, 0.3) is 0 Å².